The first-order valence-corrected chi connectivity index (χ1v) is 9.27. The predicted octanol–water partition coefficient (Wildman–Crippen LogP) is 2.98. The zero-order valence-electron chi connectivity index (χ0n) is 16.0. The summed E-state index contributed by atoms with van der Waals surface area (Å²) < 4.78 is 16.2. The van der Waals surface area contributed by atoms with E-state index in [1.807, 2.05) is 42.5 Å². The summed E-state index contributed by atoms with van der Waals surface area (Å²) in [5.41, 5.74) is 2.86. The Kier molecular flexibility index (Phi) is 4.96. The van der Waals surface area contributed by atoms with E-state index in [-0.39, 0.29) is 17.6 Å². The van der Waals surface area contributed by atoms with E-state index >= 15 is 0 Å². The minimum absolute atomic E-state index is 0.0480. The number of amides is 1. The van der Waals surface area contributed by atoms with Gasteiger partial charge in [0, 0.05) is 24.6 Å². The fourth-order valence-corrected chi connectivity index (χ4v) is 3.94. The summed E-state index contributed by atoms with van der Waals surface area (Å²) in [4.78, 5) is 15.1. The molecule has 1 fully saturated rings. The highest BCUT2D eigenvalue weighted by Crippen LogP contribution is 2.46. The van der Waals surface area contributed by atoms with Crippen LogP contribution in [0.1, 0.15) is 22.6 Å². The van der Waals surface area contributed by atoms with E-state index in [9.17, 15) is 9.90 Å². The number of rotatable bonds is 4. The topological polar surface area (TPSA) is 68.2 Å². The molecule has 1 unspecified atom stereocenters. The highest BCUT2D eigenvalue weighted by atomic mass is 16.5. The third kappa shape index (κ3) is 2.99. The molecule has 0 radical (unpaired) electrons. The second-order valence-corrected chi connectivity index (χ2v) is 6.80. The fourth-order valence-electron chi connectivity index (χ4n) is 3.94. The van der Waals surface area contributed by atoms with Gasteiger partial charge >= 0.3 is 0 Å². The summed E-state index contributed by atoms with van der Waals surface area (Å²) in [6.07, 6.45) is 0. The van der Waals surface area contributed by atoms with Crippen molar-refractivity contribution >= 4 is 11.7 Å². The van der Waals surface area contributed by atoms with Gasteiger partial charge in [0.05, 0.1) is 33.0 Å². The Morgan fingerprint density at radius 1 is 1.07 bits per heavy atom. The first-order valence-electron chi connectivity index (χ1n) is 9.27. The molecule has 0 spiro atoms. The molecule has 2 aromatic carbocycles. The quantitative estimate of drug-likeness (QED) is 0.882. The Bertz CT molecular complexity index is 930. The smallest absolute Gasteiger partial charge is 0.254 e. The normalized spacial score (nSPS) is 18.8. The fraction of sp³-hybridized carbons (Fsp3) is 0.318. The summed E-state index contributed by atoms with van der Waals surface area (Å²) in [5.74, 6) is 0.726. The standard InChI is InChI=1S/C22H23NO5/c1-26-17-8-7-14(13-18(17)27-2)19-15-5-3-4-6-16(15)21(24)20(19)22(25)23-9-11-28-12-10-23/h3-8,13,19,24H,9-12H2,1-2H3. The first-order chi connectivity index (χ1) is 13.7. The van der Waals surface area contributed by atoms with Gasteiger partial charge in [-0.2, -0.15) is 0 Å². The minimum atomic E-state index is -0.369. The molecule has 0 bridgehead atoms. The lowest BCUT2D eigenvalue weighted by Crippen LogP contribution is -2.42. The molecule has 1 aliphatic heterocycles. The molecule has 2 aromatic rings. The average molecular weight is 381 g/mol. The number of aliphatic hydroxyl groups is 1. The molecule has 2 aliphatic rings. The van der Waals surface area contributed by atoms with Crippen LogP contribution in [-0.4, -0.2) is 56.4 Å². The van der Waals surface area contributed by atoms with Crippen molar-refractivity contribution in [2.45, 2.75) is 5.92 Å². The molecule has 1 heterocycles. The number of nitrogens with zero attached hydrogens (tertiary/aromatic N) is 1. The number of aliphatic hydroxyl groups excluding tert-OH is 1. The van der Waals surface area contributed by atoms with Gasteiger partial charge in [0.2, 0.25) is 0 Å². The van der Waals surface area contributed by atoms with Crippen LogP contribution in [0.2, 0.25) is 0 Å². The lowest BCUT2D eigenvalue weighted by Gasteiger charge is -2.29. The van der Waals surface area contributed by atoms with Crippen LogP contribution in [0.25, 0.3) is 5.76 Å². The summed E-state index contributed by atoms with van der Waals surface area (Å²) in [7, 11) is 3.17. The molecular formula is C22H23NO5. The Labute approximate surface area is 163 Å². The number of benzene rings is 2. The predicted molar refractivity (Wildman–Crippen MR) is 105 cm³/mol. The molecule has 0 saturated carbocycles. The summed E-state index contributed by atoms with van der Waals surface area (Å²) >= 11 is 0. The van der Waals surface area contributed by atoms with Crippen LogP contribution in [0.15, 0.2) is 48.0 Å². The van der Waals surface area contributed by atoms with Crippen LogP contribution < -0.4 is 9.47 Å². The Morgan fingerprint density at radius 2 is 1.79 bits per heavy atom. The number of hydrogen-bond acceptors (Lipinski definition) is 5. The van der Waals surface area contributed by atoms with E-state index < -0.39 is 0 Å². The molecular weight excluding hydrogens is 358 g/mol. The van der Waals surface area contributed by atoms with Gasteiger partial charge in [-0.05, 0) is 23.3 Å². The van der Waals surface area contributed by atoms with Crippen molar-refractivity contribution in [3.05, 3.63) is 64.7 Å². The molecule has 1 saturated heterocycles. The minimum Gasteiger partial charge on any atom is -0.507 e. The van der Waals surface area contributed by atoms with Crippen molar-refractivity contribution < 1.29 is 24.1 Å². The lowest BCUT2D eigenvalue weighted by molar-refractivity contribution is -0.131. The van der Waals surface area contributed by atoms with Crippen LogP contribution in [0, 0.1) is 0 Å². The molecule has 1 N–H and O–H groups in total. The second-order valence-electron chi connectivity index (χ2n) is 6.80. The Hall–Kier alpha value is -2.99. The Morgan fingerprint density at radius 3 is 2.50 bits per heavy atom. The maximum atomic E-state index is 13.3. The summed E-state index contributed by atoms with van der Waals surface area (Å²) in [6, 6.07) is 13.2. The number of hydrogen-bond donors (Lipinski definition) is 1. The van der Waals surface area contributed by atoms with Gasteiger partial charge in [0.25, 0.3) is 5.91 Å². The van der Waals surface area contributed by atoms with E-state index in [2.05, 4.69) is 0 Å². The summed E-state index contributed by atoms with van der Waals surface area (Å²) in [6.45, 7) is 2.05. The molecule has 6 nitrogen and oxygen atoms in total. The SMILES string of the molecule is COc1ccc(C2C(C(=O)N3CCOCC3)=C(O)c3ccccc32)cc1OC. The van der Waals surface area contributed by atoms with Gasteiger partial charge in [-0.25, -0.2) is 0 Å². The van der Waals surface area contributed by atoms with Crippen molar-refractivity contribution in [3.63, 3.8) is 0 Å². The maximum Gasteiger partial charge on any atom is 0.254 e. The van der Waals surface area contributed by atoms with Gasteiger partial charge in [-0.15, -0.1) is 0 Å². The van der Waals surface area contributed by atoms with Crippen molar-refractivity contribution in [3.8, 4) is 11.5 Å². The molecule has 146 valence electrons. The molecule has 0 aromatic heterocycles. The number of carbonyl (C=O) groups is 1. The monoisotopic (exact) mass is 381 g/mol. The van der Waals surface area contributed by atoms with Gasteiger partial charge in [0.15, 0.2) is 11.5 Å². The van der Waals surface area contributed by atoms with E-state index in [0.717, 1.165) is 11.1 Å². The molecule has 6 heteroatoms. The number of carbonyl (C=O) groups excluding carboxylic acids is 1. The van der Waals surface area contributed by atoms with Crippen LogP contribution in [-0.2, 0) is 9.53 Å². The third-order valence-electron chi connectivity index (χ3n) is 5.34. The lowest BCUT2D eigenvalue weighted by atomic mass is 9.87. The average Bonchev–Trinajstić information content (AvgIpc) is 3.06. The van der Waals surface area contributed by atoms with Gasteiger partial charge < -0.3 is 24.2 Å². The highest BCUT2D eigenvalue weighted by Gasteiger charge is 2.39. The van der Waals surface area contributed by atoms with Gasteiger partial charge in [-0.3, -0.25) is 4.79 Å². The molecule has 1 atom stereocenters. The van der Waals surface area contributed by atoms with E-state index in [1.54, 1.807) is 19.1 Å². The van der Waals surface area contributed by atoms with Crippen molar-refractivity contribution in [1.82, 2.24) is 4.90 Å². The maximum absolute atomic E-state index is 13.3. The van der Waals surface area contributed by atoms with Crippen molar-refractivity contribution in [1.29, 1.82) is 0 Å². The van der Waals surface area contributed by atoms with Crippen molar-refractivity contribution in [2.75, 3.05) is 40.5 Å². The number of ether oxygens (including phenoxy) is 3. The zero-order valence-corrected chi connectivity index (χ0v) is 16.0. The van der Waals surface area contributed by atoms with Gasteiger partial charge in [-0.1, -0.05) is 30.3 Å². The zero-order chi connectivity index (χ0) is 19.7. The van der Waals surface area contributed by atoms with Crippen LogP contribution in [0.4, 0.5) is 0 Å². The number of methoxy groups -OCH3 is 2. The molecule has 28 heavy (non-hydrogen) atoms. The number of fused-ring (bicyclic) bond motifs is 1. The largest absolute Gasteiger partial charge is 0.507 e. The van der Waals surface area contributed by atoms with Crippen LogP contribution in [0.3, 0.4) is 0 Å². The number of morpholine rings is 1. The molecule has 4 rings (SSSR count). The van der Waals surface area contributed by atoms with Gasteiger partial charge in [0.1, 0.15) is 5.76 Å². The molecule has 1 amide bonds. The van der Waals surface area contributed by atoms with Crippen molar-refractivity contribution in [2.24, 2.45) is 0 Å². The third-order valence-corrected chi connectivity index (χ3v) is 5.34. The second kappa shape index (κ2) is 7.56. The Balaban J connectivity index is 1.82. The van der Waals surface area contributed by atoms with E-state index in [4.69, 9.17) is 14.2 Å². The van der Waals surface area contributed by atoms with E-state index in [0.29, 0.717) is 48.9 Å². The summed E-state index contributed by atoms with van der Waals surface area (Å²) in [5, 5.41) is 10.9. The van der Waals surface area contributed by atoms with Crippen LogP contribution >= 0.6 is 0 Å². The highest BCUT2D eigenvalue weighted by molar-refractivity contribution is 6.04. The van der Waals surface area contributed by atoms with Crippen LogP contribution in [0.5, 0.6) is 11.5 Å². The first kappa shape index (κ1) is 18.4. The molecule has 1 aliphatic carbocycles. The van der Waals surface area contributed by atoms with E-state index in [1.165, 1.54) is 0 Å².